The van der Waals surface area contributed by atoms with Crippen molar-refractivity contribution in [1.29, 1.82) is 0 Å². The van der Waals surface area contributed by atoms with E-state index >= 15 is 0 Å². The molecule has 5 nitrogen and oxygen atoms in total. The Labute approximate surface area is 666 Å². The van der Waals surface area contributed by atoms with Gasteiger partial charge in [-0.25, -0.2) is 0 Å². The highest BCUT2D eigenvalue weighted by Crippen LogP contribution is 2.32. The van der Waals surface area contributed by atoms with Crippen molar-refractivity contribution in [3.8, 4) is 28.7 Å². The van der Waals surface area contributed by atoms with Crippen LogP contribution in [0.4, 0.5) is 0 Å². The number of hydrogen-bond donors (Lipinski definition) is 0. The number of hydrogen-bond acceptors (Lipinski definition) is 5. The van der Waals surface area contributed by atoms with E-state index in [2.05, 4.69) is 374 Å². The summed E-state index contributed by atoms with van der Waals surface area (Å²) in [4.78, 5) is 0. The zero-order valence-corrected chi connectivity index (χ0v) is 70.7. The van der Waals surface area contributed by atoms with Gasteiger partial charge in [0, 0.05) is 0 Å². The van der Waals surface area contributed by atoms with Crippen LogP contribution >= 0.6 is 0 Å². The van der Waals surface area contributed by atoms with Crippen LogP contribution in [0.2, 0.25) is 0 Å². The fourth-order valence-electron chi connectivity index (χ4n) is 12.0. The molecule has 5 heteroatoms. The summed E-state index contributed by atoms with van der Waals surface area (Å²) in [5.41, 5.74) is 31.5. The third kappa shape index (κ3) is 30.1. The first-order chi connectivity index (χ1) is 53.1. The fourth-order valence-corrected chi connectivity index (χ4v) is 12.0. The van der Waals surface area contributed by atoms with E-state index in [1.165, 1.54) is 171 Å². The number of rotatable bonds is 30. The summed E-state index contributed by atoms with van der Waals surface area (Å²) in [6.45, 7) is 46.7. The average molecular weight is 1470 g/mol. The van der Waals surface area contributed by atoms with Gasteiger partial charge in [-0.2, -0.15) is 0 Å². The Balaban J connectivity index is 0.000000215. The number of unbranched alkanes of at least 4 members (excludes halogenated alkanes) is 6. The molecule has 10 aromatic carbocycles. The molecule has 0 N–H and O–H groups in total. The second-order valence-electron chi connectivity index (χ2n) is 29.2. The first-order valence-corrected chi connectivity index (χ1v) is 40.5. The van der Waals surface area contributed by atoms with Crippen molar-refractivity contribution < 1.29 is 23.7 Å². The molecule has 0 spiro atoms. The minimum Gasteiger partial charge on any atom is -0.494 e. The Bertz CT molecular complexity index is 4540. The second-order valence-corrected chi connectivity index (χ2v) is 29.2. The summed E-state index contributed by atoms with van der Waals surface area (Å²) in [5, 5.41) is 0. The van der Waals surface area contributed by atoms with Gasteiger partial charge in [-0.1, -0.05) is 306 Å². The predicted octanol–water partition coefficient (Wildman–Crippen LogP) is 29.8. The standard InChI is InChI=1S/C23H30O.C22H28O.C21H26O.C20H24O.C19H22O/c1-5-6-7-8-17-24-23-16-15-22(19(3)20(23)4)14-13-21-11-9-18(2)10-12-21;1-5-6-7-16-23-22-15-14-21(18(3)19(22)4)13-12-20-10-8-17(2)9-11-20;1-5-6-15-22-21-14-13-20(17(3)18(21)4)12-11-19-9-7-16(2)8-10-19;1-5-14-21-20-13-12-19(16(3)17(20)4)11-10-18-8-6-15(2)7-9-18;1-5-20-19-13-12-18(15(3)16(19)4)11-10-17-8-6-14(2)7-9-17/h9-16H,5-8,17H2,1-4H3;8-15H,5-7,16H2,1-4H3;7-14H,5-6,15H2,1-4H3;6-13H,5,14H2,1-4H3;6-13H,5H2,1-4H3. The maximum atomic E-state index is 5.97. The van der Waals surface area contributed by atoms with Gasteiger partial charge in [-0.3, -0.25) is 0 Å². The van der Waals surface area contributed by atoms with Gasteiger partial charge in [0.05, 0.1) is 33.0 Å². The maximum Gasteiger partial charge on any atom is 0.122 e. The number of aryl methyl sites for hydroxylation is 5. The molecule has 0 fully saturated rings. The molecule has 0 heterocycles. The van der Waals surface area contributed by atoms with Crippen molar-refractivity contribution in [3.05, 3.63) is 321 Å². The zero-order valence-electron chi connectivity index (χ0n) is 70.7. The highest BCUT2D eigenvalue weighted by atomic mass is 16.5. The molecule has 0 amide bonds. The second kappa shape index (κ2) is 48.4. The lowest BCUT2D eigenvalue weighted by Gasteiger charge is -2.13. The smallest absolute Gasteiger partial charge is 0.122 e. The van der Waals surface area contributed by atoms with Crippen LogP contribution in [0.1, 0.15) is 238 Å². The van der Waals surface area contributed by atoms with Crippen LogP contribution in [0.15, 0.2) is 182 Å². The summed E-state index contributed by atoms with van der Waals surface area (Å²) in [6.07, 6.45) is 33.6. The largest absolute Gasteiger partial charge is 0.494 e. The van der Waals surface area contributed by atoms with Gasteiger partial charge in [-0.05, 0) is 278 Å². The van der Waals surface area contributed by atoms with E-state index in [-0.39, 0.29) is 0 Å². The molecule has 110 heavy (non-hydrogen) atoms. The van der Waals surface area contributed by atoms with Gasteiger partial charge in [-0.15, -0.1) is 0 Å². The van der Waals surface area contributed by atoms with Crippen molar-refractivity contribution in [3.63, 3.8) is 0 Å². The molecule has 0 saturated carbocycles. The SMILES string of the molecule is CCCCCCOc1ccc(C=Cc2ccc(C)cc2)c(C)c1C.CCCCCOc1ccc(C=Cc2ccc(C)cc2)c(C)c1C.CCCCOc1ccc(C=Cc2ccc(C)cc2)c(C)c1C.CCCOc1ccc(C=Cc2ccc(C)cc2)c(C)c1C.CCOc1ccc(C=Cc2ccc(C)cc2)c(C)c1C. The topological polar surface area (TPSA) is 46.2 Å². The summed E-state index contributed by atoms with van der Waals surface area (Å²) in [7, 11) is 0. The van der Waals surface area contributed by atoms with E-state index in [4.69, 9.17) is 23.7 Å². The summed E-state index contributed by atoms with van der Waals surface area (Å²) in [5.74, 6) is 5.04. The summed E-state index contributed by atoms with van der Waals surface area (Å²) < 4.78 is 29.2. The van der Waals surface area contributed by atoms with Crippen LogP contribution in [0.3, 0.4) is 0 Å². The molecule has 0 radical (unpaired) electrons. The van der Waals surface area contributed by atoms with Crippen molar-refractivity contribution in [2.24, 2.45) is 0 Å². The van der Waals surface area contributed by atoms with Crippen molar-refractivity contribution >= 4 is 60.8 Å². The highest BCUT2D eigenvalue weighted by Gasteiger charge is 2.11. The minimum atomic E-state index is 0.707. The first-order valence-electron chi connectivity index (χ1n) is 40.5. The van der Waals surface area contributed by atoms with Crippen LogP contribution in [0.5, 0.6) is 28.7 Å². The zero-order chi connectivity index (χ0) is 79.7. The quantitative estimate of drug-likeness (QED) is 0.0332. The molecular weight excluding hydrogens is 1340 g/mol. The lowest BCUT2D eigenvalue weighted by atomic mass is 10.0. The Kier molecular flexibility index (Phi) is 39.1. The van der Waals surface area contributed by atoms with Crippen LogP contribution in [0, 0.1) is 104 Å². The molecule has 0 aliphatic heterocycles. The van der Waals surface area contributed by atoms with Crippen LogP contribution in [-0.4, -0.2) is 33.0 Å². The predicted molar refractivity (Wildman–Crippen MR) is 482 cm³/mol. The normalized spacial score (nSPS) is 11.1. The van der Waals surface area contributed by atoms with Crippen molar-refractivity contribution in [2.75, 3.05) is 33.0 Å². The van der Waals surface area contributed by atoms with Crippen LogP contribution in [-0.2, 0) is 0 Å². The molecule has 0 unspecified atom stereocenters. The average Bonchev–Trinajstić information content (AvgIpc) is 0.860. The Hall–Kier alpha value is -10.1. The monoisotopic (exact) mass is 1470 g/mol. The molecular formula is C105H130O5. The Morgan fingerprint density at radius 2 is 0.391 bits per heavy atom. The molecule has 10 aromatic rings. The maximum absolute atomic E-state index is 5.97. The summed E-state index contributed by atoms with van der Waals surface area (Å²) in [6, 6.07) is 64.0. The minimum absolute atomic E-state index is 0.707. The fraction of sp³-hybridized carbons (Fsp3) is 0.333. The molecule has 10 rings (SSSR count). The number of benzene rings is 10. The van der Waals surface area contributed by atoms with E-state index < -0.39 is 0 Å². The Morgan fingerprint density at radius 3 is 0.618 bits per heavy atom. The molecule has 0 aromatic heterocycles. The van der Waals surface area contributed by atoms with Gasteiger partial charge >= 0.3 is 0 Å². The van der Waals surface area contributed by atoms with Crippen molar-refractivity contribution in [1.82, 2.24) is 0 Å². The van der Waals surface area contributed by atoms with Crippen molar-refractivity contribution in [2.45, 2.75) is 203 Å². The summed E-state index contributed by atoms with van der Waals surface area (Å²) >= 11 is 0. The van der Waals surface area contributed by atoms with Gasteiger partial charge in [0.2, 0.25) is 0 Å². The lowest BCUT2D eigenvalue weighted by molar-refractivity contribution is 0.303. The van der Waals surface area contributed by atoms with E-state index in [0.717, 1.165) is 87.3 Å². The highest BCUT2D eigenvalue weighted by molar-refractivity contribution is 5.76. The van der Waals surface area contributed by atoms with E-state index in [9.17, 15) is 0 Å². The molecule has 0 aliphatic rings. The molecule has 0 aliphatic carbocycles. The third-order valence-electron chi connectivity index (χ3n) is 20.3. The van der Waals surface area contributed by atoms with Gasteiger partial charge in [0.1, 0.15) is 28.7 Å². The Morgan fingerprint density at radius 1 is 0.182 bits per heavy atom. The first kappa shape index (κ1) is 88.8. The van der Waals surface area contributed by atoms with E-state index in [1.807, 2.05) is 6.92 Å². The van der Waals surface area contributed by atoms with Gasteiger partial charge < -0.3 is 23.7 Å². The molecule has 0 bridgehead atoms. The van der Waals surface area contributed by atoms with Crippen LogP contribution in [0.25, 0.3) is 60.8 Å². The van der Waals surface area contributed by atoms with Crippen LogP contribution < -0.4 is 23.7 Å². The van der Waals surface area contributed by atoms with E-state index in [0.29, 0.717) is 6.61 Å². The third-order valence-corrected chi connectivity index (χ3v) is 20.3. The lowest BCUT2D eigenvalue weighted by Crippen LogP contribution is -2.00. The van der Waals surface area contributed by atoms with Gasteiger partial charge in [0.15, 0.2) is 0 Å². The molecule has 0 atom stereocenters. The van der Waals surface area contributed by atoms with E-state index in [1.54, 1.807) is 0 Å². The van der Waals surface area contributed by atoms with Gasteiger partial charge in [0.25, 0.3) is 0 Å². The molecule has 580 valence electrons. The number of ether oxygens (including phenoxy) is 5. The molecule has 0 saturated heterocycles.